The van der Waals surface area contributed by atoms with E-state index in [0.29, 0.717) is 19.6 Å². The lowest BCUT2D eigenvalue weighted by Gasteiger charge is -2.32. The number of amides is 1. The van der Waals surface area contributed by atoms with Crippen LogP contribution in [-0.4, -0.2) is 60.8 Å². The van der Waals surface area contributed by atoms with Gasteiger partial charge in [-0.1, -0.05) is 6.42 Å². The van der Waals surface area contributed by atoms with Crippen LogP contribution in [0.15, 0.2) is 0 Å². The van der Waals surface area contributed by atoms with Gasteiger partial charge in [0, 0.05) is 13.2 Å². The van der Waals surface area contributed by atoms with Gasteiger partial charge < -0.3 is 15.2 Å². The van der Waals surface area contributed by atoms with Gasteiger partial charge in [0.2, 0.25) is 5.91 Å². The molecule has 1 saturated heterocycles. The fourth-order valence-corrected chi connectivity index (χ4v) is 2.26. The van der Waals surface area contributed by atoms with E-state index < -0.39 is 12.0 Å². The summed E-state index contributed by atoms with van der Waals surface area (Å²) in [5.41, 5.74) is 0. The highest BCUT2D eigenvalue weighted by Gasteiger charge is 2.29. The van der Waals surface area contributed by atoms with Gasteiger partial charge in [-0.15, -0.1) is 0 Å². The summed E-state index contributed by atoms with van der Waals surface area (Å²) in [6.45, 7) is 3.12. The summed E-state index contributed by atoms with van der Waals surface area (Å²) >= 11 is 0. The maximum Gasteiger partial charge on any atom is 0.320 e. The number of piperidine rings is 1. The van der Waals surface area contributed by atoms with Gasteiger partial charge in [-0.25, -0.2) is 0 Å². The van der Waals surface area contributed by atoms with Gasteiger partial charge in [0.1, 0.15) is 6.04 Å². The molecule has 0 radical (unpaired) electrons. The average molecular weight is 258 g/mol. The van der Waals surface area contributed by atoms with E-state index in [1.165, 1.54) is 0 Å². The van der Waals surface area contributed by atoms with Crippen LogP contribution < -0.4 is 5.32 Å². The average Bonchev–Trinajstić information content (AvgIpc) is 2.29. The highest BCUT2D eigenvalue weighted by Crippen LogP contribution is 2.16. The molecule has 2 N–H and O–H groups in total. The second-order valence-corrected chi connectivity index (χ2v) is 4.74. The molecule has 1 fully saturated rings. The molecule has 0 saturated carbocycles. The van der Waals surface area contributed by atoms with Crippen molar-refractivity contribution in [3.63, 3.8) is 0 Å². The van der Waals surface area contributed by atoms with Gasteiger partial charge in [-0.2, -0.15) is 0 Å². The number of carbonyl (C=O) groups excluding carboxylic acids is 1. The largest absolute Gasteiger partial charge is 0.480 e. The molecule has 104 valence electrons. The standard InChI is InChI=1S/C12H22N2O4/c1-9(8-18-2)13-11(15)7-14-6-4-3-5-10(14)12(16)17/h9-10H,3-8H2,1-2H3,(H,13,15)(H,16,17). The Bertz CT molecular complexity index is 296. The Morgan fingerprint density at radius 1 is 1.50 bits per heavy atom. The van der Waals surface area contributed by atoms with E-state index in [9.17, 15) is 9.59 Å². The number of ether oxygens (including phenoxy) is 1. The van der Waals surface area contributed by atoms with Gasteiger partial charge in [0.25, 0.3) is 0 Å². The highest BCUT2D eigenvalue weighted by atomic mass is 16.5. The summed E-state index contributed by atoms with van der Waals surface area (Å²) in [7, 11) is 1.58. The van der Waals surface area contributed by atoms with Gasteiger partial charge in [0.05, 0.1) is 13.2 Å². The van der Waals surface area contributed by atoms with Gasteiger partial charge >= 0.3 is 5.97 Å². The molecule has 2 atom stereocenters. The SMILES string of the molecule is COCC(C)NC(=O)CN1CCCCC1C(=O)O. The molecule has 2 unspecified atom stereocenters. The van der Waals surface area contributed by atoms with Crippen molar-refractivity contribution in [2.75, 3.05) is 26.8 Å². The van der Waals surface area contributed by atoms with Crippen molar-refractivity contribution < 1.29 is 19.4 Å². The summed E-state index contributed by atoms with van der Waals surface area (Å²) in [4.78, 5) is 24.6. The van der Waals surface area contributed by atoms with Crippen LogP contribution in [0.2, 0.25) is 0 Å². The van der Waals surface area contributed by atoms with E-state index in [2.05, 4.69) is 5.32 Å². The molecule has 1 heterocycles. The van der Waals surface area contributed by atoms with E-state index in [4.69, 9.17) is 9.84 Å². The van der Waals surface area contributed by atoms with Crippen LogP contribution in [0, 0.1) is 0 Å². The molecule has 0 spiro atoms. The van der Waals surface area contributed by atoms with Crippen LogP contribution in [0.3, 0.4) is 0 Å². The quantitative estimate of drug-likeness (QED) is 0.705. The molecule has 18 heavy (non-hydrogen) atoms. The van der Waals surface area contributed by atoms with E-state index in [0.717, 1.165) is 12.8 Å². The summed E-state index contributed by atoms with van der Waals surface area (Å²) < 4.78 is 4.93. The summed E-state index contributed by atoms with van der Waals surface area (Å²) in [5, 5.41) is 11.9. The van der Waals surface area contributed by atoms with Crippen LogP contribution in [-0.2, 0) is 14.3 Å². The number of likely N-dealkylation sites (tertiary alicyclic amines) is 1. The lowest BCUT2D eigenvalue weighted by Crippen LogP contribution is -2.50. The van der Waals surface area contributed by atoms with E-state index in [1.807, 2.05) is 6.92 Å². The smallest absolute Gasteiger partial charge is 0.320 e. The normalized spacial score (nSPS) is 22.4. The predicted octanol–water partition coefficient (Wildman–Crippen LogP) is 0.0766. The minimum absolute atomic E-state index is 0.0597. The first-order valence-corrected chi connectivity index (χ1v) is 6.29. The maximum atomic E-state index is 11.8. The summed E-state index contributed by atoms with van der Waals surface area (Å²) in [5.74, 6) is -0.986. The molecule has 6 nitrogen and oxygen atoms in total. The minimum atomic E-state index is -0.840. The number of carboxylic acids is 1. The molecule has 6 heteroatoms. The van der Waals surface area contributed by atoms with Crippen molar-refractivity contribution >= 4 is 11.9 Å². The number of aliphatic carboxylic acids is 1. The molecule has 0 aromatic rings. The number of carboxylic acid groups (broad SMARTS) is 1. The minimum Gasteiger partial charge on any atom is -0.480 e. The molecule has 1 amide bonds. The molecule has 1 aliphatic rings. The second-order valence-electron chi connectivity index (χ2n) is 4.74. The van der Waals surface area contributed by atoms with Crippen molar-refractivity contribution in [3.05, 3.63) is 0 Å². The predicted molar refractivity (Wildman–Crippen MR) is 66.3 cm³/mol. The van der Waals surface area contributed by atoms with Crippen molar-refractivity contribution in [1.29, 1.82) is 0 Å². The summed E-state index contributed by atoms with van der Waals surface area (Å²) in [6, 6.07) is -0.585. The maximum absolute atomic E-state index is 11.8. The Morgan fingerprint density at radius 3 is 2.83 bits per heavy atom. The zero-order valence-electron chi connectivity index (χ0n) is 11.0. The molecule has 0 aromatic carbocycles. The fourth-order valence-electron chi connectivity index (χ4n) is 2.26. The third-order valence-electron chi connectivity index (χ3n) is 3.07. The Morgan fingerprint density at radius 2 is 2.22 bits per heavy atom. The Balaban J connectivity index is 2.43. The number of hydrogen-bond donors (Lipinski definition) is 2. The summed E-state index contributed by atoms with van der Waals surface area (Å²) in [6.07, 6.45) is 2.48. The third-order valence-corrected chi connectivity index (χ3v) is 3.07. The monoisotopic (exact) mass is 258 g/mol. The number of methoxy groups -OCH3 is 1. The van der Waals surface area contributed by atoms with E-state index in [-0.39, 0.29) is 18.5 Å². The number of hydrogen-bond acceptors (Lipinski definition) is 4. The van der Waals surface area contributed by atoms with Crippen LogP contribution in [0.1, 0.15) is 26.2 Å². The van der Waals surface area contributed by atoms with E-state index >= 15 is 0 Å². The number of rotatable bonds is 6. The van der Waals surface area contributed by atoms with Crippen LogP contribution in [0.25, 0.3) is 0 Å². The van der Waals surface area contributed by atoms with Crippen LogP contribution in [0.5, 0.6) is 0 Å². The highest BCUT2D eigenvalue weighted by molar-refractivity contribution is 5.80. The molecular formula is C12H22N2O4. The van der Waals surface area contributed by atoms with Crippen LogP contribution >= 0.6 is 0 Å². The Kier molecular flexibility index (Phi) is 6.07. The first-order chi connectivity index (χ1) is 8.54. The van der Waals surface area contributed by atoms with Crippen molar-refractivity contribution in [1.82, 2.24) is 10.2 Å². The first-order valence-electron chi connectivity index (χ1n) is 6.29. The Hall–Kier alpha value is -1.14. The van der Waals surface area contributed by atoms with Crippen molar-refractivity contribution in [3.8, 4) is 0 Å². The van der Waals surface area contributed by atoms with E-state index in [1.54, 1.807) is 12.0 Å². The van der Waals surface area contributed by atoms with Crippen LogP contribution in [0.4, 0.5) is 0 Å². The zero-order valence-corrected chi connectivity index (χ0v) is 11.0. The topological polar surface area (TPSA) is 78.9 Å². The molecule has 0 aromatic heterocycles. The zero-order chi connectivity index (χ0) is 13.5. The molecule has 1 rings (SSSR count). The molecule has 0 aliphatic carbocycles. The lowest BCUT2D eigenvalue weighted by molar-refractivity contribution is -0.145. The fraction of sp³-hybridized carbons (Fsp3) is 0.833. The second kappa shape index (κ2) is 7.33. The first kappa shape index (κ1) is 14.9. The Labute approximate surface area is 107 Å². The van der Waals surface area contributed by atoms with Crippen molar-refractivity contribution in [2.24, 2.45) is 0 Å². The number of nitrogens with zero attached hydrogens (tertiary/aromatic N) is 1. The third kappa shape index (κ3) is 4.62. The van der Waals surface area contributed by atoms with Gasteiger partial charge in [-0.05, 0) is 26.3 Å². The molecule has 1 aliphatic heterocycles. The molecular weight excluding hydrogens is 236 g/mol. The van der Waals surface area contributed by atoms with Crippen molar-refractivity contribution in [2.45, 2.75) is 38.3 Å². The molecule has 0 bridgehead atoms. The number of carbonyl (C=O) groups is 2. The van der Waals surface area contributed by atoms with Gasteiger partial charge in [0.15, 0.2) is 0 Å². The lowest BCUT2D eigenvalue weighted by atomic mass is 10.0. The number of nitrogens with one attached hydrogen (secondary N) is 1. The van der Waals surface area contributed by atoms with Gasteiger partial charge in [-0.3, -0.25) is 14.5 Å².